The molecule has 2 N–H and O–H groups in total. The van der Waals surface area contributed by atoms with E-state index in [9.17, 15) is 9.59 Å². The molecular formula is C22H26N4O4. The molecular weight excluding hydrogens is 384 g/mol. The number of nitrogen functional groups attached to an aromatic ring is 1. The van der Waals surface area contributed by atoms with E-state index in [4.69, 9.17) is 15.2 Å². The lowest BCUT2D eigenvalue weighted by atomic mass is 9.82. The second-order valence-corrected chi connectivity index (χ2v) is 7.65. The van der Waals surface area contributed by atoms with Gasteiger partial charge in [-0.25, -0.2) is 9.97 Å². The molecule has 0 bridgehead atoms. The number of hydrogen-bond donors (Lipinski definition) is 1. The monoisotopic (exact) mass is 410 g/mol. The number of ether oxygens (including phenoxy) is 2. The molecule has 8 heteroatoms. The topological polar surface area (TPSA) is 108 Å². The van der Waals surface area contributed by atoms with Crippen molar-refractivity contribution in [3.63, 3.8) is 0 Å². The summed E-state index contributed by atoms with van der Waals surface area (Å²) < 4.78 is 11.1. The van der Waals surface area contributed by atoms with E-state index in [1.807, 2.05) is 19.1 Å². The van der Waals surface area contributed by atoms with Crippen molar-refractivity contribution in [1.29, 1.82) is 0 Å². The van der Waals surface area contributed by atoms with Gasteiger partial charge in [0, 0.05) is 12.1 Å². The molecule has 8 nitrogen and oxygen atoms in total. The highest BCUT2D eigenvalue weighted by Gasteiger charge is 2.29. The third kappa shape index (κ3) is 4.08. The highest BCUT2D eigenvalue weighted by Crippen LogP contribution is 2.35. The first-order chi connectivity index (χ1) is 14.6. The minimum Gasteiger partial charge on any atom is -0.475 e. The van der Waals surface area contributed by atoms with E-state index in [2.05, 4.69) is 22.1 Å². The second-order valence-electron chi connectivity index (χ2n) is 7.65. The number of esters is 1. The largest absolute Gasteiger partial charge is 0.475 e. The summed E-state index contributed by atoms with van der Waals surface area (Å²) >= 11 is 0. The Morgan fingerprint density at radius 1 is 1.20 bits per heavy atom. The number of fused-ring (bicyclic) bond motifs is 1. The fourth-order valence-electron chi connectivity index (χ4n) is 4.12. The van der Waals surface area contributed by atoms with Gasteiger partial charge in [-0.2, -0.15) is 0 Å². The number of benzene rings is 1. The minimum atomic E-state index is -0.258. The normalized spacial score (nSPS) is 21.4. The summed E-state index contributed by atoms with van der Waals surface area (Å²) in [7, 11) is 0. The molecule has 30 heavy (non-hydrogen) atoms. The predicted octanol–water partition coefficient (Wildman–Crippen LogP) is 3.08. The summed E-state index contributed by atoms with van der Waals surface area (Å²) in [5.74, 6) is 0.401. The molecule has 2 aliphatic rings. The van der Waals surface area contributed by atoms with Gasteiger partial charge in [-0.3, -0.25) is 9.59 Å². The lowest BCUT2D eigenvalue weighted by Crippen LogP contribution is -2.32. The van der Waals surface area contributed by atoms with Crippen LogP contribution in [0.25, 0.3) is 0 Å². The maximum absolute atomic E-state index is 13.0. The fraction of sp³-hybridized carbons (Fsp3) is 0.455. The highest BCUT2D eigenvalue weighted by atomic mass is 16.5. The maximum Gasteiger partial charge on any atom is 0.305 e. The average Bonchev–Trinajstić information content (AvgIpc) is 2.94. The quantitative estimate of drug-likeness (QED) is 0.772. The number of carbonyl (C=O) groups excluding carboxylic acids is 2. The summed E-state index contributed by atoms with van der Waals surface area (Å²) in [6.45, 7) is 2.55. The molecule has 158 valence electrons. The Labute approximate surface area is 175 Å². The van der Waals surface area contributed by atoms with Gasteiger partial charge in [0.25, 0.3) is 5.91 Å². The molecule has 0 spiro atoms. The lowest BCUT2D eigenvalue weighted by Gasteiger charge is -2.29. The van der Waals surface area contributed by atoms with Crippen LogP contribution >= 0.6 is 0 Å². The van der Waals surface area contributed by atoms with Crippen molar-refractivity contribution < 1.29 is 19.1 Å². The molecule has 4 rings (SSSR count). The number of hydrogen-bond acceptors (Lipinski definition) is 7. The van der Waals surface area contributed by atoms with E-state index >= 15 is 0 Å². The Balaban J connectivity index is 1.45. The molecule has 1 aromatic heterocycles. The first-order valence-electron chi connectivity index (χ1n) is 10.4. The molecule has 0 radical (unpaired) electrons. The zero-order chi connectivity index (χ0) is 21.1. The van der Waals surface area contributed by atoms with Gasteiger partial charge in [0.05, 0.1) is 6.54 Å². The Hall–Kier alpha value is -3.16. The van der Waals surface area contributed by atoms with E-state index < -0.39 is 0 Å². The van der Waals surface area contributed by atoms with Crippen LogP contribution in [0.5, 0.6) is 5.88 Å². The van der Waals surface area contributed by atoms with Crippen molar-refractivity contribution in [3.05, 3.63) is 41.7 Å². The Bertz CT molecular complexity index is 923. The summed E-state index contributed by atoms with van der Waals surface area (Å²) in [5, 5.41) is 0. The number of nitrogens with two attached hydrogens (primary N) is 1. The van der Waals surface area contributed by atoms with Gasteiger partial charge in [-0.15, -0.1) is 0 Å². The van der Waals surface area contributed by atoms with Crippen molar-refractivity contribution in [1.82, 2.24) is 9.97 Å². The van der Waals surface area contributed by atoms with Crippen LogP contribution in [0.2, 0.25) is 0 Å². The van der Waals surface area contributed by atoms with Gasteiger partial charge in [0.2, 0.25) is 5.88 Å². The van der Waals surface area contributed by atoms with Crippen LogP contribution in [0.15, 0.2) is 30.6 Å². The zero-order valence-electron chi connectivity index (χ0n) is 17.0. The molecule has 0 atom stereocenters. The van der Waals surface area contributed by atoms with Gasteiger partial charge < -0.3 is 20.1 Å². The molecule has 2 aromatic rings. The number of rotatable bonds is 4. The lowest BCUT2D eigenvalue weighted by molar-refractivity contribution is -0.150. The molecule has 0 unspecified atom stereocenters. The number of amides is 1. The fourth-order valence-corrected chi connectivity index (χ4v) is 4.12. The van der Waals surface area contributed by atoms with Crippen LogP contribution in [0.1, 0.15) is 60.9 Å². The van der Waals surface area contributed by atoms with E-state index in [-0.39, 0.29) is 35.2 Å². The average molecular weight is 410 g/mol. The number of anilines is 2. The first kappa shape index (κ1) is 20.1. The third-order valence-electron chi connectivity index (χ3n) is 5.79. The molecule has 1 saturated carbocycles. The van der Waals surface area contributed by atoms with Crippen LogP contribution in [0, 0.1) is 0 Å². The zero-order valence-corrected chi connectivity index (χ0v) is 17.0. The summed E-state index contributed by atoms with van der Waals surface area (Å²) in [4.78, 5) is 34.1. The smallest absolute Gasteiger partial charge is 0.305 e. The molecule has 1 aliphatic heterocycles. The standard InChI is InChI=1S/C22H26N4O4/c1-2-18(27)30-17-9-5-15(6-10-17)14-3-7-16(8-4-14)26-11-12-29-21-19(22(26)28)20(23)24-13-25-21/h3-4,7-8,13,15,17H,2,5-6,9-12H2,1H3,(H2,23,24,25). The summed E-state index contributed by atoms with van der Waals surface area (Å²) in [5.41, 5.74) is 8.13. The number of aromatic nitrogens is 2. The summed E-state index contributed by atoms with van der Waals surface area (Å²) in [6.07, 6.45) is 5.49. The Kier molecular flexibility index (Phi) is 5.83. The van der Waals surface area contributed by atoms with Crippen molar-refractivity contribution in [3.8, 4) is 5.88 Å². The predicted molar refractivity (Wildman–Crippen MR) is 111 cm³/mol. The van der Waals surface area contributed by atoms with Gasteiger partial charge >= 0.3 is 5.97 Å². The van der Waals surface area contributed by atoms with Crippen molar-refractivity contribution >= 4 is 23.4 Å². The maximum atomic E-state index is 13.0. The van der Waals surface area contributed by atoms with Crippen molar-refractivity contribution in [2.24, 2.45) is 0 Å². The van der Waals surface area contributed by atoms with Gasteiger partial charge in [-0.1, -0.05) is 19.1 Å². The van der Waals surface area contributed by atoms with Gasteiger partial charge in [0.15, 0.2) is 0 Å². The highest BCUT2D eigenvalue weighted by molar-refractivity contribution is 6.10. The number of carbonyl (C=O) groups is 2. The minimum absolute atomic E-state index is 0.0374. The van der Waals surface area contributed by atoms with Crippen LogP contribution in [-0.4, -0.2) is 41.1 Å². The van der Waals surface area contributed by atoms with Crippen LogP contribution < -0.4 is 15.4 Å². The summed E-state index contributed by atoms with van der Waals surface area (Å²) in [6, 6.07) is 8.06. The molecule has 2 heterocycles. The molecule has 1 aliphatic carbocycles. The Morgan fingerprint density at radius 3 is 2.63 bits per heavy atom. The second kappa shape index (κ2) is 8.69. The van der Waals surface area contributed by atoms with E-state index in [1.165, 1.54) is 11.9 Å². The first-order valence-corrected chi connectivity index (χ1v) is 10.4. The SMILES string of the molecule is CCC(=O)OC1CCC(c2ccc(N3CCOc4ncnc(N)c4C3=O)cc2)CC1. The van der Waals surface area contributed by atoms with E-state index in [1.54, 1.807) is 4.90 Å². The van der Waals surface area contributed by atoms with Crippen molar-refractivity contribution in [2.45, 2.75) is 51.0 Å². The van der Waals surface area contributed by atoms with Crippen molar-refractivity contribution in [2.75, 3.05) is 23.8 Å². The van der Waals surface area contributed by atoms with E-state index in [0.717, 1.165) is 31.4 Å². The van der Waals surface area contributed by atoms with Crippen LogP contribution in [-0.2, 0) is 9.53 Å². The number of nitrogens with zero attached hydrogens (tertiary/aromatic N) is 3. The third-order valence-corrected chi connectivity index (χ3v) is 5.79. The molecule has 1 amide bonds. The molecule has 1 aromatic carbocycles. The van der Waals surface area contributed by atoms with Gasteiger partial charge in [-0.05, 0) is 49.3 Å². The molecule has 1 fully saturated rings. The van der Waals surface area contributed by atoms with Crippen LogP contribution in [0.3, 0.4) is 0 Å². The Morgan fingerprint density at radius 2 is 1.93 bits per heavy atom. The van der Waals surface area contributed by atoms with Gasteiger partial charge in [0.1, 0.15) is 30.4 Å². The van der Waals surface area contributed by atoms with Crippen LogP contribution in [0.4, 0.5) is 11.5 Å². The van der Waals surface area contributed by atoms with E-state index in [0.29, 0.717) is 25.5 Å². The molecule has 0 saturated heterocycles.